The highest BCUT2D eigenvalue weighted by molar-refractivity contribution is 6.05. The average Bonchev–Trinajstić information content (AvgIpc) is 3.21. The molecule has 0 radical (unpaired) electrons. The van der Waals surface area contributed by atoms with E-state index in [1.807, 2.05) is 0 Å². The summed E-state index contributed by atoms with van der Waals surface area (Å²) in [5.74, 6) is -0.355. The van der Waals surface area contributed by atoms with Crippen LogP contribution in [-0.2, 0) is 17.4 Å². The molecule has 2 N–H and O–H groups in total. The summed E-state index contributed by atoms with van der Waals surface area (Å²) in [6.07, 6.45) is -4.21. The summed E-state index contributed by atoms with van der Waals surface area (Å²) in [4.78, 5) is 33.1. The summed E-state index contributed by atoms with van der Waals surface area (Å²) >= 11 is 0. The molecule has 30 heavy (non-hydrogen) atoms. The normalized spacial score (nSPS) is 13.5. The number of hydrogen-bond donors (Lipinski definition) is 2. The number of anilines is 2. The summed E-state index contributed by atoms with van der Waals surface area (Å²) in [6.45, 7) is 1.62. The van der Waals surface area contributed by atoms with Crippen molar-refractivity contribution in [1.29, 1.82) is 0 Å². The van der Waals surface area contributed by atoms with Gasteiger partial charge in [-0.1, -0.05) is 12.1 Å². The van der Waals surface area contributed by atoms with Crippen LogP contribution < -0.4 is 10.2 Å². The van der Waals surface area contributed by atoms with Gasteiger partial charge in [0.1, 0.15) is 11.5 Å². The van der Waals surface area contributed by atoms with Gasteiger partial charge in [-0.2, -0.15) is 13.2 Å². The van der Waals surface area contributed by atoms with Crippen LogP contribution in [0.1, 0.15) is 27.3 Å². The zero-order valence-electron chi connectivity index (χ0n) is 16.1. The molecule has 1 aliphatic rings. The number of nitrogens with one attached hydrogen (secondary N) is 2. The van der Waals surface area contributed by atoms with Crippen molar-refractivity contribution >= 4 is 23.2 Å². The number of aryl methyl sites for hydroxylation is 1. The Kier molecular flexibility index (Phi) is 4.60. The molecule has 9 heteroatoms. The molecule has 0 saturated carbocycles. The smallest absolute Gasteiger partial charge is 0.341 e. The summed E-state index contributed by atoms with van der Waals surface area (Å²) in [5, 5.41) is 2.73. The van der Waals surface area contributed by atoms with Crippen molar-refractivity contribution in [3.8, 4) is 11.4 Å². The molecule has 0 saturated heterocycles. The van der Waals surface area contributed by atoms with Crippen molar-refractivity contribution in [2.45, 2.75) is 19.5 Å². The number of H-pyrrole nitrogens is 1. The molecule has 2 heterocycles. The van der Waals surface area contributed by atoms with Gasteiger partial charge < -0.3 is 15.2 Å². The van der Waals surface area contributed by atoms with E-state index in [0.717, 1.165) is 23.4 Å². The zero-order valence-corrected chi connectivity index (χ0v) is 16.1. The minimum Gasteiger partial charge on any atom is -0.341 e. The highest BCUT2D eigenvalue weighted by atomic mass is 19.4. The highest BCUT2D eigenvalue weighted by Crippen LogP contribution is 2.32. The monoisotopic (exact) mass is 414 g/mol. The van der Waals surface area contributed by atoms with Crippen LogP contribution in [0.5, 0.6) is 0 Å². The Morgan fingerprint density at radius 1 is 1.20 bits per heavy atom. The quantitative estimate of drug-likeness (QED) is 0.675. The minimum atomic E-state index is -4.47. The third-order valence-electron chi connectivity index (χ3n) is 4.98. The van der Waals surface area contributed by atoms with Crippen molar-refractivity contribution < 1.29 is 22.8 Å². The van der Waals surface area contributed by atoms with Crippen LogP contribution >= 0.6 is 0 Å². The van der Waals surface area contributed by atoms with Gasteiger partial charge in [0.25, 0.3) is 5.91 Å². The number of aromatic nitrogens is 2. The molecule has 4 rings (SSSR count). The fourth-order valence-electron chi connectivity index (χ4n) is 3.40. The van der Waals surface area contributed by atoms with Gasteiger partial charge in [0.2, 0.25) is 5.91 Å². The Bertz CT molecular complexity index is 1170. The van der Waals surface area contributed by atoms with E-state index in [1.54, 1.807) is 37.1 Å². The maximum Gasteiger partial charge on any atom is 0.416 e. The lowest BCUT2D eigenvalue weighted by Gasteiger charge is -2.11. The molecule has 0 fully saturated rings. The molecule has 154 valence electrons. The van der Waals surface area contributed by atoms with Gasteiger partial charge >= 0.3 is 6.18 Å². The van der Waals surface area contributed by atoms with Crippen LogP contribution in [-0.4, -0.2) is 28.8 Å². The first kappa shape index (κ1) is 19.7. The third kappa shape index (κ3) is 3.54. The van der Waals surface area contributed by atoms with Crippen molar-refractivity contribution in [1.82, 2.24) is 9.97 Å². The van der Waals surface area contributed by atoms with Gasteiger partial charge in [-0.05, 0) is 42.8 Å². The molecule has 0 bridgehead atoms. The minimum absolute atomic E-state index is 0.0256. The zero-order chi connectivity index (χ0) is 21.6. The number of carbonyl (C=O) groups excluding carboxylic acids is 2. The van der Waals surface area contributed by atoms with E-state index in [1.165, 1.54) is 12.1 Å². The number of nitrogens with zero attached hydrogens (tertiary/aromatic N) is 2. The van der Waals surface area contributed by atoms with Crippen molar-refractivity contribution in [3.05, 3.63) is 65.0 Å². The number of hydrogen-bond acceptors (Lipinski definition) is 3. The van der Waals surface area contributed by atoms with Crippen LogP contribution in [0.2, 0.25) is 0 Å². The molecule has 0 aliphatic carbocycles. The van der Waals surface area contributed by atoms with Crippen LogP contribution in [0.4, 0.5) is 24.5 Å². The average molecular weight is 414 g/mol. The maximum absolute atomic E-state index is 13.0. The lowest BCUT2D eigenvalue weighted by Crippen LogP contribution is -2.20. The van der Waals surface area contributed by atoms with E-state index < -0.39 is 17.6 Å². The lowest BCUT2D eigenvalue weighted by molar-refractivity contribution is -0.137. The first-order valence-corrected chi connectivity index (χ1v) is 9.08. The van der Waals surface area contributed by atoms with E-state index in [2.05, 4.69) is 15.3 Å². The Balaban J connectivity index is 1.58. The Morgan fingerprint density at radius 2 is 1.97 bits per heavy atom. The number of alkyl halides is 3. The van der Waals surface area contributed by atoms with Gasteiger partial charge in [0.05, 0.1) is 12.0 Å². The second kappa shape index (κ2) is 7.01. The number of halogens is 3. The molecular formula is C21H17F3N4O2. The Morgan fingerprint density at radius 3 is 2.70 bits per heavy atom. The van der Waals surface area contributed by atoms with Gasteiger partial charge in [0, 0.05) is 29.7 Å². The number of fused-ring (bicyclic) bond motifs is 1. The largest absolute Gasteiger partial charge is 0.416 e. The van der Waals surface area contributed by atoms with Crippen molar-refractivity contribution in [2.24, 2.45) is 0 Å². The summed E-state index contributed by atoms with van der Waals surface area (Å²) < 4.78 is 38.9. The standard InChI is InChI=1S/C21H17F3N4O2/c1-11-18(27-19(25-11)12-4-3-5-14(8-12)21(22,23)24)20(30)26-15-6-7-16-13(9-15)10-17(29)28(16)2/h3-9H,10H2,1-2H3,(H,25,27)(H,26,30). The van der Waals surface area contributed by atoms with Crippen molar-refractivity contribution in [3.63, 3.8) is 0 Å². The SMILES string of the molecule is Cc1[nH]c(-c2cccc(C(F)(F)F)c2)nc1C(=O)Nc1ccc2c(c1)CC(=O)N2C. The van der Waals surface area contributed by atoms with Crippen LogP contribution in [0.3, 0.4) is 0 Å². The number of benzene rings is 2. The topological polar surface area (TPSA) is 78.1 Å². The number of amides is 2. The molecular weight excluding hydrogens is 397 g/mol. The molecule has 2 amide bonds. The number of carbonyl (C=O) groups is 2. The predicted molar refractivity (Wildman–Crippen MR) is 105 cm³/mol. The first-order chi connectivity index (χ1) is 14.1. The van der Waals surface area contributed by atoms with E-state index in [0.29, 0.717) is 11.4 Å². The molecule has 2 aromatic carbocycles. The van der Waals surface area contributed by atoms with Crippen LogP contribution in [0.25, 0.3) is 11.4 Å². The fraction of sp³-hybridized carbons (Fsp3) is 0.190. The predicted octanol–water partition coefficient (Wildman–Crippen LogP) is 4.18. The van der Waals surface area contributed by atoms with E-state index >= 15 is 0 Å². The molecule has 3 aromatic rings. The summed E-state index contributed by atoms with van der Waals surface area (Å²) in [7, 11) is 1.69. The molecule has 0 atom stereocenters. The Labute approximate surface area is 169 Å². The molecule has 1 aliphatic heterocycles. The first-order valence-electron chi connectivity index (χ1n) is 9.08. The number of rotatable bonds is 3. The highest BCUT2D eigenvalue weighted by Gasteiger charge is 2.31. The Hall–Kier alpha value is -3.62. The van der Waals surface area contributed by atoms with E-state index in [4.69, 9.17) is 0 Å². The van der Waals surface area contributed by atoms with E-state index in [9.17, 15) is 22.8 Å². The molecule has 0 spiro atoms. The maximum atomic E-state index is 13.0. The number of imidazole rings is 1. The second-order valence-corrected chi connectivity index (χ2v) is 7.06. The number of aromatic amines is 1. The fourth-order valence-corrected chi connectivity index (χ4v) is 3.40. The van der Waals surface area contributed by atoms with Gasteiger partial charge in [-0.25, -0.2) is 4.98 Å². The molecule has 6 nitrogen and oxygen atoms in total. The summed E-state index contributed by atoms with van der Waals surface area (Å²) in [6, 6.07) is 9.89. The summed E-state index contributed by atoms with van der Waals surface area (Å²) in [5.41, 5.74) is 2.05. The molecule has 1 aromatic heterocycles. The molecule has 0 unspecified atom stereocenters. The van der Waals surface area contributed by atoms with Gasteiger partial charge in [0.15, 0.2) is 0 Å². The second-order valence-electron chi connectivity index (χ2n) is 7.06. The number of likely N-dealkylation sites (N-methyl/N-ethyl adjacent to an activating group) is 1. The lowest BCUT2D eigenvalue weighted by atomic mass is 10.1. The third-order valence-corrected chi connectivity index (χ3v) is 4.98. The van der Waals surface area contributed by atoms with Gasteiger partial charge in [-0.3, -0.25) is 9.59 Å². The van der Waals surface area contributed by atoms with Crippen molar-refractivity contribution in [2.75, 3.05) is 17.3 Å². The van der Waals surface area contributed by atoms with Crippen LogP contribution in [0, 0.1) is 6.92 Å². The van der Waals surface area contributed by atoms with Crippen LogP contribution in [0.15, 0.2) is 42.5 Å². The van der Waals surface area contributed by atoms with Gasteiger partial charge in [-0.15, -0.1) is 0 Å². The van der Waals surface area contributed by atoms with E-state index in [-0.39, 0.29) is 29.4 Å².